The Kier molecular flexibility index (Phi) is 3.93. The van der Waals surface area contributed by atoms with Gasteiger partial charge in [-0.3, -0.25) is 9.59 Å². The summed E-state index contributed by atoms with van der Waals surface area (Å²) in [5, 5.41) is 2.78. The maximum absolute atomic E-state index is 12.1. The number of anilines is 2. The molecule has 1 aromatic carbocycles. The first kappa shape index (κ1) is 15.4. The van der Waals surface area contributed by atoms with E-state index in [-0.39, 0.29) is 5.91 Å². The molecule has 6 heteroatoms. The van der Waals surface area contributed by atoms with E-state index in [0.29, 0.717) is 11.4 Å². The first-order valence-corrected chi connectivity index (χ1v) is 8.27. The van der Waals surface area contributed by atoms with Crippen molar-refractivity contribution in [2.75, 3.05) is 36.4 Å². The number of nitrogens with one attached hydrogen (secondary N) is 1. The third-order valence-electron chi connectivity index (χ3n) is 4.61. The minimum absolute atomic E-state index is 0.122. The van der Waals surface area contributed by atoms with Crippen molar-refractivity contribution in [3.05, 3.63) is 53.7 Å². The van der Waals surface area contributed by atoms with Crippen molar-refractivity contribution in [2.24, 2.45) is 0 Å². The molecular formula is C19H18N4O2. The van der Waals surface area contributed by atoms with Crippen LogP contribution in [0, 0.1) is 0 Å². The fourth-order valence-electron chi connectivity index (χ4n) is 3.20. The molecule has 25 heavy (non-hydrogen) atoms. The van der Waals surface area contributed by atoms with Gasteiger partial charge in [-0.2, -0.15) is 0 Å². The normalized spacial score (nSPS) is 18.2. The summed E-state index contributed by atoms with van der Waals surface area (Å²) >= 11 is 0. The lowest BCUT2D eigenvalue weighted by atomic mass is 10.1. The summed E-state index contributed by atoms with van der Waals surface area (Å²) in [5.41, 5.74) is 3.57. The van der Waals surface area contributed by atoms with Gasteiger partial charge in [-0.15, -0.1) is 0 Å². The summed E-state index contributed by atoms with van der Waals surface area (Å²) < 4.78 is 0. The van der Waals surface area contributed by atoms with Crippen LogP contribution in [0.25, 0.3) is 11.6 Å². The number of carbonyl (C=O) groups is 2. The van der Waals surface area contributed by atoms with Gasteiger partial charge in [0.05, 0.1) is 5.57 Å². The van der Waals surface area contributed by atoms with Crippen LogP contribution in [0.2, 0.25) is 0 Å². The highest BCUT2D eigenvalue weighted by molar-refractivity contribution is 6.34. The molecule has 0 radical (unpaired) electrons. The fourth-order valence-corrected chi connectivity index (χ4v) is 3.20. The molecule has 0 saturated carbocycles. The van der Waals surface area contributed by atoms with Crippen molar-refractivity contribution >= 4 is 35.5 Å². The van der Waals surface area contributed by atoms with Crippen molar-refractivity contribution < 1.29 is 9.59 Å². The van der Waals surface area contributed by atoms with Gasteiger partial charge in [-0.1, -0.05) is 12.1 Å². The molecule has 126 valence electrons. The summed E-state index contributed by atoms with van der Waals surface area (Å²) in [6, 6.07) is 11.9. The van der Waals surface area contributed by atoms with Gasteiger partial charge < -0.3 is 15.1 Å². The number of nitrogens with zero attached hydrogens (tertiary/aromatic N) is 3. The monoisotopic (exact) mass is 334 g/mol. The van der Waals surface area contributed by atoms with E-state index in [2.05, 4.69) is 27.3 Å². The summed E-state index contributed by atoms with van der Waals surface area (Å²) in [6.45, 7) is 3.17. The van der Waals surface area contributed by atoms with Gasteiger partial charge in [-0.25, -0.2) is 4.98 Å². The first-order valence-electron chi connectivity index (χ1n) is 8.27. The summed E-state index contributed by atoms with van der Waals surface area (Å²) in [6.07, 6.45) is 4.46. The number of hydrogen-bond donors (Lipinski definition) is 1. The van der Waals surface area contributed by atoms with E-state index in [0.717, 1.165) is 49.4 Å². The molecular weight excluding hydrogens is 316 g/mol. The molecule has 3 heterocycles. The van der Waals surface area contributed by atoms with Crippen LogP contribution in [0.3, 0.4) is 0 Å². The number of aromatic nitrogens is 1. The molecule has 4 rings (SSSR count). The molecule has 6 nitrogen and oxygen atoms in total. The van der Waals surface area contributed by atoms with E-state index in [4.69, 9.17) is 0 Å². The number of piperazine rings is 1. The quantitative estimate of drug-likeness (QED) is 0.687. The lowest BCUT2D eigenvalue weighted by Gasteiger charge is -2.34. The Morgan fingerprint density at radius 2 is 1.80 bits per heavy atom. The standard InChI is InChI=1S/C19H18N4O2/c24-13-22-8-10-23(11-9-22)15-5-3-14(4-6-15)12-17-16-2-1-7-20-18(16)21-19(17)25/h1-7,12-13H,8-11H2,(H,20,21,25)/b17-12-. The van der Waals surface area contributed by atoms with Crippen LogP contribution >= 0.6 is 0 Å². The summed E-state index contributed by atoms with van der Waals surface area (Å²) in [7, 11) is 0. The zero-order chi connectivity index (χ0) is 17.2. The third-order valence-corrected chi connectivity index (χ3v) is 4.61. The van der Waals surface area contributed by atoms with E-state index in [1.54, 1.807) is 11.1 Å². The maximum Gasteiger partial charge on any atom is 0.257 e. The number of benzene rings is 1. The molecule has 0 unspecified atom stereocenters. The Morgan fingerprint density at radius 3 is 2.52 bits per heavy atom. The average molecular weight is 334 g/mol. The van der Waals surface area contributed by atoms with Gasteiger partial charge in [0, 0.05) is 43.6 Å². The van der Waals surface area contributed by atoms with Crippen LogP contribution < -0.4 is 10.2 Å². The highest BCUT2D eigenvalue weighted by atomic mass is 16.2. The first-order chi connectivity index (χ1) is 12.2. The van der Waals surface area contributed by atoms with Crippen LogP contribution in [0.5, 0.6) is 0 Å². The van der Waals surface area contributed by atoms with Gasteiger partial charge in [0.25, 0.3) is 5.91 Å². The van der Waals surface area contributed by atoms with Crippen molar-refractivity contribution in [3.63, 3.8) is 0 Å². The molecule has 1 aromatic heterocycles. The van der Waals surface area contributed by atoms with Crippen LogP contribution in [-0.4, -0.2) is 48.4 Å². The lowest BCUT2D eigenvalue weighted by molar-refractivity contribution is -0.118. The van der Waals surface area contributed by atoms with Crippen LogP contribution in [0.15, 0.2) is 42.6 Å². The Balaban J connectivity index is 1.53. The number of amides is 2. The minimum Gasteiger partial charge on any atom is -0.368 e. The molecule has 0 spiro atoms. The van der Waals surface area contributed by atoms with Crippen LogP contribution in [0.1, 0.15) is 11.1 Å². The molecule has 2 amide bonds. The zero-order valence-corrected chi connectivity index (χ0v) is 13.7. The van der Waals surface area contributed by atoms with E-state index in [9.17, 15) is 9.59 Å². The molecule has 2 aliphatic heterocycles. The average Bonchev–Trinajstić information content (AvgIpc) is 2.98. The molecule has 2 aliphatic rings. The van der Waals surface area contributed by atoms with Crippen LogP contribution in [-0.2, 0) is 9.59 Å². The van der Waals surface area contributed by atoms with Crippen LogP contribution in [0.4, 0.5) is 11.5 Å². The highest BCUT2D eigenvalue weighted by Crippen LogP contribution is 2.31. The molecule has 0 atom stereocenters. The predicted molar refractivity (Wildman–Crippen MR) is 97.0 cm³/mol. The fraction of sp³-hybridized carbons (Fsp3) is 0.211. The van der Waals surface area contributed by atoms with Crippen molar-refractivity contribution in [3.8, 4) is 0 Å². The van der Waals surface area contributed by atoms with E-state index in [1.807, 2.05) is 30.3 Å². The van der Waals surface area contributed by atoms with Crippen molar-refractivity contribution in [1.82, 2.24) is 9.88 Å². The number of fused-ring (bicyclic) bond motifs is 1. The largest absolute Gasteiger partial charge is 0.368 e. The van der Waals surface area contributed by atoms with E-state index >= 15 is 0 Å². The van der Waals surface area contributed by atoms with Crippen molar-refractivity contribution in [2.45, 2.75) is 0 Å². The lowest BCUT2D eigenvalue weighted by Crippen LogP contribution is -2.45. The van der Waals surface area contributed by atoms with Gasteiger partial charge >= 0.3 is 0 Å². The second-order valence-electron chi connectivity index (χ2n) is 6.13. The molecule has 0 aliphatic carbocycles. The Hall–Kier alpha value is -3.15. The number of rotatable bonds is 3. The topological polar surface area (TPSA) is 65.5 Å². The van der Waals surface area contributed by atoms with Gasteiger partial charge in [0.1, 0.15) is 5.82 Å². The number of pyridine rings is 1. The number of carbonyl (C=O) groups excluding carboxylic acids is 2. The summed E-state index contributed by atoms with van der Waals surface area (Å²) in [4.78, 5) is 31.2. The zero-order valence-electron chi connectivity index (χ0n) is 13.7. The van der Waals surface area contributed by atoms with Gasteiger partial charge in [0.2, 0.25) is 6.41 Å². The Labute approximate surface area is 145 Å². The van der Waals surface area contributed by atoms with Crippen molar-refractivity contribution in [1.29, 1.82) is 0 Å². The smallest absolute Gasteiger partial charge is 0.257 e. The highest BCUT2D eigenvalue weighted by Gasteiger charge is 2.24. The Morgan fingerprint density at radius 1 is 1.04 bits per heavy atom. The maximum atomic E-state index is 12.1. The second-order valence-corrected chi connectivity index (χ2v) is 6.13. The molecule has 1 saturated heterocycles. The number of hydrogen-bond acceptors (Lipinski definition) is 4. The second kappa shape index (κ2) is 6.39. The molecule has 0 bridgehead atoms. The third kappa shape index (κ3) is 2.98. The van der Waals surface area contributed by atoms with Gasteiger partial charge in [-0.05, 0) is 35.9 Å². The molecule has 1 fully saturated rings. The minimum atomic E-state index is -0.122. The summed E-state index contributed by atoms with van der Waals surface area (Å²) in [5.74, 6) is 0.492. The van der Waals surface area contributed by atoms with E-state index in [1.165, 1.54) is 0 Å². The van der Waals surface area contributed by atoms with Gasteiger partial charge in [0.15, 0.2) is 0 Å². The van der Waals surface area contributed by atoms with E-state index < -0.39 is 0 Å². The SMILES string of the molecule is O=CN1CCN(c2ccc(/C=C3\C(=O)Nc4ncccc43)cc2)CC1. The predicted octanol–water partition coefficient (Wildman–Crippen LogP) is 1.85. The Bertz CT molecular complexity index is 837. The molecule has 1 N–H and O–H groups in total. The molecule has 2 aromatic rings.